The lowest BCUT2D eigenvalue weighted by Gasteiger charge is -2.36. The highest BCUT2D eigenvalue weighted by atomic mass is 16.5. The van der Waals surface area contributed by atoms with Gasteiger partial charge in [-0.1, -0.05) is 30.3 Å². The first-order valence-electron chi connectivity index (χ1n) is 18.0. The highest BCUT2D eigenvalue weighted by Crippen LogP contribution is 2.34. The average Bonchev–Trinajstić information content (AvgIpc) is 3.17. The molecule has 3 aromatic carbocycles. The molecular formula is C40H48N6O9. The lowest BCUT2D eigenvalue weighted by Crippen LogP contribution is -2.61. The number of nitrogens with one attached hydrogen (secondary N) is 4. The fourth-order valence-corrected chi connectivity index (χ4v) is 6.50. The summed E-state index contributed by atoms with van der Waals surface area (Å²) in [5, 5.41) is 10.7. The zero-order chi connectivity index (χ0) is 40.0. The van der Waals surface area contributed by atoms with Crippen LogP contribution in [-0.4, -0.2) is 110 Å². The van der Waals surface area contributed by atoms with Crippen molar-refractivity contribution in [2.45, 2.75) is 76.3 Å². The Labute approximate surface area is 320 Å². The normalized spacial score (nSPS) is 24.3. The number of methoxy groups -OCH3 is 2. The molecular weight excluding hydrogens is 708 g/mol. The Morgan fingerprint density at radius 1 is 0.618 bits per heavy atom. The molecule has 15 heteroatoms. The zero-order valence-electron chi connectivity index (χ0n) is 32.0. The Kier molecular flexibility index (Phi) is 12.6. The van der Waals surface area contributed by atoms with Crippen molar-refractivity contribution in [1.82, 2.24) is 31.1 Å². The minimum absolute atomic E-state index is 0.00554. The second kappa shape index (κ2) is 17.3. The second-order valence-electron chi connectivity index (χ2n) is 13.9. The van der Waals surface area contributed by atoms with Gasteiger partial charge >= 0.3 is 0 Å². The third kappa shape index (κ3) is 9.52. The molecule has 6 rings (SSSR count). The lowest BCUT2D eigenvalue weighted by atomic mass is 9.98. The van der Waals surface area contributed by atoms with Gasteiger partial charge in [0, 0.05) is 33.4 Å². The number of hydrogen-bond acceptors (Lipinski definition) is 9. The van der Waals surface area contributed by atoms with Crippen molar-refractivity contribution in [1.29, 1.82) is 0 Å². The predicted molar refractivity (Wildman–Crippen MR) is 201 cm³/mol. The molecule has 6 bridgehead atoms. The number of benzene rings is 3. The van der Waals surface area contributed by atoms with E-state index in [-0.39, 0.29) is 19.3 Å². The van der Waals surface area contributed by atoms with Crippen molar-refractivity contribution in [3.63, 3.8) is 0 Å². The minimum Gasteiger partial charge on any atom is -0.497 e. The van der Waals surface area contributed by atoms with Crippen LogP contribution in [-0.2, 0) is 48.0 Å². The quantitative estimate of drug-likeness (QED) is 0.307. The Morgan fingerprint density at radius 2 is 1.18 bits per heavy atom. The van der Waals surface area contributed by atoms with Crippen LogP contribution < -0.4 is 35.5 Å². The molecule has 1 fully saturated rings. The number of carbonyl (C=O) groups is 6. The van der Waals surface area contributed by atoms with E-state index in [1.165, 1.54) is 58.9 Å². The van der Waals surface area contributed by atoms with Crippen molar-refractivity contribution in [2.75, 3.05) is 28.3 Å². The Balaban J connectivity index is 1.55. The van der Waals surface area contributed by atoms with E-state index >= 15 is 0 Å². The molecule has 0 radical (unpaired) electrons. The van der Waals surface area contributed by atoms with Gasteiger partial charge in [-0.3, -0.25) is 28.8 Å². The van der Waals surface area contributed by atoms with Crippen molar-refractivity contribution >= 4 is 35.4 Å². The van der Waals surface area contributed by atoms with Crippen LogP contribution >= 0.6 is 0 Å². The molecule has 1 saturated heterocycles. The maximum Gasteiger partial charge on any atom is 0.246 e. The van der Waals surface area contributed by atoms with Crippen LogP contribution in [0.15, 0.2) is 66.7 Å². The molecule has 0 aliphatic carbocycles. The molecule has 0 aromatic heterocycles. The van der Waals surface area contributed by atoms with Crippen LogP contribution in [0.1, 0.15) is 37.5 Å². The summed E-state index contributed by atoms with van der Waals surface area (Å²) in [4.78, 5) is 86.0. The topological polar surface area (TPSA) is 185 Å². The van der Waals surface area contributed by atoms with Gasteiger partial charge in [0.15, 0.2) is 11.5 Å². The third-order valence-corrected chi connectivity index (χ3v) is 9.92. The fourth-order valence-electron chi connectivity index (χ4n) is 6.50. The van der Waals surface area contributed by atoms with E-state index in [4.69, 9.17) is 14.2 Å². The third-order valence-electron chi connectivity index (χ3n) is 9.92. The summed E-state index contributed by atoms with van der Waals surface area (Å²) < 4.78 is 16.9. The van der Waals surface area contributed by atoms with E-state index in [0.29, 0.717) is 39.7 Å². The Bertz CT molecular complexity index is 1920. The molecule has 6 atom stereocenters. The highest BCUT2D eigenvalue weighted by molar-refractivity contribution is 5.98. The number of carbonyl (C=O) groups excluding carboxylic acids is 6. The average molecular weight is 757 g/mol. The molecule has 3 heterocycles. The van der Waals surface area contributed by atoms with E-state index in [2.05, 4.69) is 21.3 Å². The summed E-state index contributed by atoms with van der Waals surface area (Å²) in [7, 11) is 5.98. The minimum atomic E-state index is -1.16. The number of rotatable bonds is 4. The smallest absolute Gasteiger partial charge is 0.246 e. The first-order valence-corrected chi connectivity index (χ1v) is 18.0. The molecule has 3 aliphatic rings. The van der Waals surface area contributed by atoms with Gasteiger partial charge in [-0.2, -0.15) is 0 Å². The van der Waals surface area contributed by atoms with Crippen LogP contribution in [0.5, 0.6) is 23.0 Å². The number of ether oxygens (including phenoxy) is 3. The van der Waals surface area contributed by atoms with Gasteiger partial charge in [-0.05, 0) is 73.9 Å². The first kappa shape index (κ1) is 40.1. The molecule has 3 aliphatic heterocycles. The maximum absolute atomic E-state index is 14.6. The van der Waals surface area contributed by atoms with Gasteiger partial charge in [0.1, 0.15) is 47.8 Å². The fraction of sp³-hybridized carbons (Fsp3) is 0.400. The van der Waals surface area contributed by atoms with Crippen molar-refractivity contribution in [2.24, 2.45) is 0 Å². The van der Waals surface area contributed by atoms with Crippen LogP contribution in [0.4, 0.5) is 0 Å². The summed E-state index contributed by atoms with van der Waals surface area (Å²) in [6.07, 6.45) is 0.113. The summed E-state index contributed by atoms with van der Waals surface area (Å²) in [6, 6.07) is 12.3. The standard InChI is InChI=1S/C40H48N6O9/c1-22-35(47)41-23(2)36(48)44-30(18-25-8-13-28(53-6)14-9-25)37(49)43-24(3)39(51)46(5)32-19-26-10-15-29(16-11-26)55-34-21-27(12-17-33(34)54-7)20-31(38(50)42-22)45(4)40(32)52/h8-17,21-24,30-32H,18-20H2,1-7H3,(H,41,47)(H,42,50)(H,43,49)(H,44,48)/t22-,23+,24+,30+,31+,32+/m1/s1. The molecule has 6 amide bonds. The lowest BCUT2D eigenvalue weighted by molar-refractivity contribution is -0.149. The highest BCUT2D eigenvalue weighted by Gasteiger charge is 2.38. The Morgan fingerprint density at radius 3 is 1.82 bits per heavy atom. The number of amides is 6. The van der Waals surface area contributed by atoms with E-state index in [1.54, 1.807) is 66.7 Å². The van der Waals surface area contributed by atoms with Crippen LogP contribution in [0, 0.1) is 0 Å². The van der Waals surface area contributed by atoms with Gasteiger partial charge in [0.05, 0.1) is 14.2 Å². The monoisotopic (exact) mass is 756 g/mol. The molecule has 4 N–H and O–H groups in total. The summed E-state index contributed by atoms with van der Waals surface area (Å²) in [5.41, 5.74) is 2.01. The van der Waals surface area contributed by atoms with Crippen LogP contribution in [0.2, 0.25) is 0 Å². The van der Waals surface area contributed by atoms with Gasteiger partial charge in [-0.15, -0.1) is 0 Å². The number of hydrogen-bond donors (Lipinski definition) is 4. The summed E-state index contributed by atoms with van der Waals surface area (Å²) in [6.45, 7) is 4.40. The van der Waals surface area contributed by atoms with Gasteiger partial charge in [0.2, 0.25) is 35.4 Å². The van der Waals surface area contributed by atoms with Crippen LogP contribution in [0.25, 0.3) is 0 Å². The van der Waals surface area contributed by atoms with E-state index in [9.17, 15) is 28.8 Å². The SMILES string of the molecule is COc1ccc(C[C@@H]2NC(=O)[C@H](C)NC(=O)[C@@H](C)NC(=O)[C@@H]3Cc4ccc(OC)c(c4)Oc4ccc(cc4)C[C@@H](C(=O)N3C)N(C)C(=O)[C@H](C)NC2=O)cc1. The Hall–Kier alpha value is -6.12. The summed E-state index contributed by atoms with van der Waals surface area (Å²) >= 11 is 0. The first-order chi connectivity index (χ1) is 26.2. The van der Waals surface area contributed by atoms with Crippen molar-refractivity contribution in [3.8, 4) is 23.0 Å². The summed E-state index contributed by atoms with van der Waals surface area (Å²) in [5.74, 6) is -1.79. The molecule has 55 heavy (non-hydrogen) atoms. The largest absolute Gasteiger partial charge is 0.497 e. The molecule has 15 nitrogen and oxygen atoms in total. The number of nitrogens with zero attached hydrogens (tertiary/aromatic N) is 2. The molecule has 0 spiro atoms. The zero-order valence-corrected chi connectivity index (χ0v) is 32.0. The van der Waals surface area contributed by atoms with Crippen LogP contribution in [0.3, 0.4) is 0 Å². The maximum atomic E-state index is 14.6. The van der Waals surface area contributed by atoms with E-state index < -0.39 is 71.7 Å². The molecule has 0 unspecified atom stereocenters. The molecule has 292 valence electrons. The van der Waals surface area contributed by atoms with Gasteiger partial charge < -0.3 is 45.3 Å². The van der Waals surface area contributed by atoms with Gasteiger partial charge in [0.25, 0.3) is 0 Å². The van der Waals surface area contributed by atoms with Gasteiger partial charge in [-0.25, -0.2) is 0 Å². The molecule has 0 saturated carbocycles. The van der Waals surface area contributed by atoms with Crippen molar-refractivity contribution in [3.05, 3.63) is 83.4 Å². The second-order valence-corrected chi connectivity index (χ2v) is 13.9. The number of likely N-dealkylation sites (N-methyl/N-ethyl adjacent to an activating group) is 2. The molecule has 3 aromatic rings. The predicted octanol–water partition coefficient (Wildman–Crippen LogP) is 1.50. The van der Waals surface area contributed by atoms with E-state index in [0.717, 1.165) is 0 Å². The van der Waals surface area contributed by atoms with E-state index in [1.807, 2.05) is 0 Å². The van der Waals surface area contributed by atoms with Crippen molar-refractivity contribution < 1.29 is 43.0 Å². The number of fused-ring (bicyclic) bond motifs is 2.